The van der Waals surface area contributed by atoms with Gasteiger partial charge in [-0.1, -0.05) is 72.1 Å². The molecule has 2 amide bonds. The second kappa shape index (κ2) is 13.3. The minimum atomic E-state index is -4.11. The molecule has 2 atom stereocenters. The van der Waals surface area contributed by atoms with E-state index in [0.717, 1.165) is 9.87 Å². The highest BCUT2D eigenvalue weighted by atomic mass is 35.5. The normalized spacial score (nSPS) is 12.9. The monoisotopic (exact) mass is 589 g/mol. The van der Waals surface area contributed by atoms with Crippen molar-refractivity contribution in [1.82, 2.24) is 10.2 Å². The van der Waals surface area contributed by atoms with E-state index < -0.39 is 28.5 Å². The Morgan fingerprint density at radius 3 is 2.18 bits per heavy atom. The molecule has 39 heavy (non-hydrogen) atoms. The lowest BCUT2D eigenvalue weighted by atomic mass is 10.1. The van der Waals surface area contributed by atoms with Gasteiger partial charge in [0, 0.05) is 22.6 Å². The molecule has 0 aliphatic carbocycles. The molecule has 208 valence electrons. The lowest BCUT2D eigenvalue weighted by molar-refractivity contribution is -0.139. The lowest BCUT2D eigenvalue weighted by Gasteiger charge is -2.32. The second-order valence-corrected chi connectivity index (χ2v) is 12.1. The van der Waals surface area contributed by atoms with Crippen LogP contribution in [-0.2, 0) is 26.2 Å². The maximum absolute atomic E-state index is 13.9. The molecule has 0 unspecified atom stereocenters. The molecule has 0 radical (unpaired) electrons. The van der Waals surface area contributed by atoms with E-state index in [0.29, 0.717) is 27.7 Å². The predicted molar refractivity (Wildman–Crippen MR) is 157 cm³/mol. The van der Waals surface area contributed by atoms with Gasteiger partial charge < -0.3 is 10.2 Å². The molecule has 0 bridgehead atoms. The number of sulfonamides is 1. The molecule has 0 fully saturated rings. The van der Waals surface area contributed by atoms with E-state index in [1.165, 1.54) is 17.0 Å². The summed E-state index contributed by atoms with van der Waals surface area (Å²) in [7, 11) is -4.11. The number of nitrogens with one attached hydrogen (secondary N) is 1. The average Bonchev–Trinajstić information content (AvgIpc) is 2.91. The van der Waals surface area contributed by atoms with Crippen LogP contribution in [0.4, 0.5) is 5.69 Å². The number of halogens is 2. The van der Waals surface area contributed by atoms with Crippen molar-refractivity contribution in [2.75, 3.05) is 10.8 Å². The van der Waals surface area contributed by atoms with Crippen LogP contribution in [0.3, 0.4) is 0 Å². The number of carbonyl (C=O) groups excluding carboxylic acids is 2. The zero-order valence-corrected chi connectivity index (χ0v) is 24.7. The number of nitrogens with zero attached hydrogens (tertiary/aromatic N) is 2. The number of carbonyl (C=O) groups is 2. The number of hydrogen-bond acceptors (Lipinski definition) is 4. The van der Waals surface area contributed by atoms with Crippen LogP contribution in [0.2, 0.25) is 10.0 Å². The SMILES string of the molecule is CC[C@H](C)NC(=O)[C@H](C)N(Cc1ccc(Cl)cc1Cl)C(=O)CN(c1ccc(C)cc1)S(=O)(=O)c1ccccc1. The highest BCUT2D eigenvalue weighted by Crippen LogP contribution is 2.26. The summed E-state index contributed by atoms with van der Waals surface area (Å²) < 4.78 is 28.6. The van der Waals surface area contributed by atoms with Crippen LogP contribution in [0, 0.1) is 6.92 Å². The molecule has 1 N–H and O–H groups in total. The van der Waals surface area contributed by atoms with Gasteiger partial charge in [-0.3, -0.25) is 13.9 Å². The first kappa shape index (κ1) is 30.5. The summed E-state index contributed by atoms with van der Waals surface area (Å²) in [6, 6.07) is 18.7. The van der Waals surface area contributed by atoms with Crippen LogP contribution in [0.5, 0.6) is 0 Å². The van der Waals surface area contributed by atoms with Gasteiger partial charge in [0.05, 0.1) is 10.6 Å². The Morgan fingerprint density at radius 2 is 1.59 bits per heavy atom. The standard InChI is InChI=1S/C29H33Cl2N3O4S/c1-5-21(3)32-29(36)22(4)33(18-23-13-14-24(30)17-27(23)31)28(35)19-34(25-15-11-20(2)12-16-25)39(37,38)26-9-7-6-8-10-26/h6-17,21-22H,5,18-19H2,1-4H3,(H,32,36)/t21-,22-/m0/s1. The number of hydrogen-bond donors (Lipinski definition) is 1. The maximum atomic E-state index is 13.9. The van der Waals surface area contributed by atoms with Crippen molar-refractivity contribution in [2.45, 2.75) is 57.6 Å². The molecule has 0 aliphatic rings. The molecular weight excluding hydrogens is 557 g/mol. The van der Waals surface area contributed by atoms with Gasteiger partial charge >= 0.3 is 0 Å². The molecule has 0 saturated carbocycles. The van der Waals surface area contributed by atoms with E-state index in [4.69, 9.17) is 23.2 Å². The van der Waals surface area contributed by atoms with E-state index in [-0.39, 0.29) is 23.4 Å². The van der Waals surface area contributed by atoms with E-state index >= 15 is 0 Å². The van der Waals surface area contributed by atoms with Crippen molar-refractivity contribution in [3.63, 3.8) is 0 Å². The molecule has 0 aromatic heterocycles. The van der Waals surface area contributed by atoms with Gasteiger partial charge in [0.25, 0.3) is 10.0 Å². The quantitative estimate of drug-likeness (QED) is 0.305. The summed E-state index contributed by atoms with van der Waals surface area (Å²) in [6.07, 6.45) is 0.714. The summed E-state index contributed by atoms with van der Waals surface area (Å²) >= 11 is 12.5. The smallest absolute Gasteiger partial charge is 0.264 e. The average molecular weight is 591 g/mol. The molecule has 0 saturated heterocycles. The second-order valence-electron chi connectivity index (χ2n) is 9.41. The Labute approximate surface area is 240 Å². The molecule has 3 aromatic carbocycles. The molecule has 3 rings (SSSR count). The predicted octanol–water partition coefficient (Wildman–Crippen LogP) is 5.83. The fraction of sp³-hybridized carbons (Fsp3) is 0.310. The highest BCUT2D eigenvalue weighted by Gasteiger charge is 2.33. The van der Waals surface area contributed by atoms with Gasteiger partial charge in [0.1, 0.15) is 12.6 Å². The zero-order valence-electron chi connectivity index (χ0n) is 22.4. The van der Waals surface area contributed by atoms with Gasteiger partial charge in [-0.05, 0) is 69.2 Å². The molecular formula is C29H33Cl2N3O4S. The Bertz CT molecular complexity index is 1400. The molecule has 0 spiro atoms. The Balaban J connectivity index is 2.03. The van der Waals surface area contributed by atoms with Crippen molar-refractivity contribution >= 4 is 50.7 Å². The Morgan fingerprint density at radius 1 is 0.949 bits per heavy atom. The van der Waals surface area contributed by atoms with Crippen LogP contribution in [0.15, 0.2) is 77.7 Å². The summed E-state index contributed by atoms with van der Waals surface area (Å²) in [6.45, 7) is 6.78. The molecule has 0 aliphatic heterocycles. The summed E-state index contributed by atoms with van der Waals surface area (Å²) in [5.41, 5.74) is 1.85. The largest absolute Gasteiger partial charge is 0.352 e. The lowest BCUT2D eigenvalue weighted by Crippen LogP contribution is -2.52. The first-order valence-corrected chi connectivity index (χ1v) is 14.8. The summed E-state index contributed by atoms with van der Waals surface area (Å²) in [4.78, 5) is 28.4. The van der Waals surface area contributed by atoms with Crippen molar-refractivity contribution in [3.05, 3.63) is 94.0 Å². The third-order valence-electron chi connectivity index (χ3n) is 6.46. The van der Waals surface area contributed by atoms with Gasteiger partial charge in [-0.25, -0.2) is 8.42 Å². The highest BCUT2D eigenvalue weighted by molar-refractivity contribution is 7.92. The zero-order chi connectivity index (χ0) is 28.7. The summed E-state index contributed by atoms with van der Waals surface area (Å²) in [5, 5.41) is 3.67. The Kier molecular flexibility index (Phi) is 10.4. The van der Waals surface area contributed by atoms with Crippen LogP contribution in [0.25, 0.3) is 0 Å². The van der Waals surface area contributed by atoms with E-state index in [1.54, 1.807) is 67.6 Å². The van der Waals surface area contributed by atoms with Crippen molar-refractivity contribution in [3.8, 4) is 0 Å². The van der Waals surface area contributed by atoms with E-state index in [2.05, 4.69) is 5.32 Å². The molecule has 3 aromatic rings. The Hall–Kier alpha value is -3.07. The van der Waals surface area contributed by atoms with Gasteiger partial charge in [-0.2, -0.15) is 0 Å². The van der Waals surface area contributed by atoms with Gasteiger partial charge in [0.15, 0.2) is 0 Å². The van der Waals surface area contributed by atoms with Crippen LogP contribution in [0.1, 0.15) is 38.3 Å². The van der Waals surface area contributed by atoms with E-state index in [1.807, 2.05) is 20.8 Å². The fourth-order valence-electron chi connectivity index (χ4n) is 3.84. The number of anilines is 1. The summed E-state index contributed by atoms with van der Waals surface area (Å²) in [5.74, 6) is -0.913. The maximum Gasteiger partial charge on any atom is 0.264 e. The van der Waals surface area contributed by atoms with Crippen molar-refractivity contribution in [2.24, 2.45) is 0 Å². The third-order valence-corrected chi connectivity index (χ3v) is 8.83. The van der Waals surface area contributed by atoms with Crippen molar-refractivity contribution in [1.29, 1.82) is 0 Å². The minimum absolute atomic E-state index is 0.0168. The number of amides is 2. The van der Waals surface area contributed by atoms with Crippen LogP contribution < -0.4 is 9.62 Å². The molecule has 10 heteroatoms. The van der Waals surface area contributed by atoms with Gasteiger partial charge in [0.2, 0.25) is 11.8 Å². The first-order chi connectivity index (χ1) is 18.4. The van der Waals surface area contributed by atoms with Crippen molar-refractivity contribution < 1.29 is 18.0 Å². The third kappa shape index (κ3) is 7.75. The topological polar surface area (TPSA) is 86.8 Å². The minimum Gasteiger partial charge on any atom is -0.352 e. The fourth-order valence-corrected chi connectivity index (χ4v) is 5.74. The first-order valence-electron chi connectivity index (χ1n) is 12.6. The molecule has 0 heterocycles. The van der Waals surface area contributed by atoms with E-state index in [9.17, 15) is 18.0 Å². The van der Waals surface area contributed by atoms with Gasteiger partial charge in [-0.15, -0.1) is 0 Å². The van der Waals surface area contributed by atoms with Crippen LogP contribution >= 0.6 is 23.2 Å². The number of aryl methyl sites for hydroxylation is 1. The molecule has 7 nitrogen and oxygen atoms in total. The number of rotatable bonds is 11. The van der Waals surface area contributed by atoms with Crippen LogP contribution in [-0.4, -0.2) is 43.8 Å². The number of benzene rings is 3.